The summed E-state index contributed by atoms with van der Waals surface area (Å²) in [6.07, 6.45) is 7.68. The number of aliphatic hydroxyl groups is 1. The van der Waals surface area contributed by atoms with Crippen LogP contribution in [0.2, 0.25) is 19.6 Å². The molecule has 0 fully saturated rings. The summed E-state index contributed by atoms with van der Waals surface area (Å²) in [5.41, 5.74) is 3.20. The predicted molar refractivity (Wildman–Crippen MR) is 99.0 cm³/mol. The van der Waals surface area contributed by atoms with Crippen molar-refractivity contribution in [2.45, 2.75) is 32.5 Å². The first-order valence-electron chi connectivity index (χ1n) is 8.01. The predicted octanol–water partition coefficient (Wildman–Crippen LogP) is 4.75. The molecule has 122 valence electrons. The second-order valence-electron chi connectivity index (χ2n) is 6.48. The van der Waals surface area contributed by atoms with Crippen molar-refractivity contribution < 1.29 is 9.53 Å². The molecule has 4 heteroatoms. The molecule has 0 saturated carbocycles. The fourth-order valence-electron chi connectivity index (χ4n) is 2.16. The minimum Gasteiger partial charge on any atom is -0.543 e. The van der Waals surface area contributed by atoms with Gasteiger partial charge in [-0.15, -0.1) is 0 Å². The smallest absolute Gasteiger partial charge is 0.242 e. The third-order valence-corrected chi connectivity index (χ3v) is 4.05. The van der Waals surface area contributed by atoms with Crippen molar-refractivity contribution in [1.29, 1.82) is 0 Å². The molecular weight excluding hydrogens is 302 g/mol. The number of rotatable bonds is 7. The molecule has 0 bridgehead atoms. The highest BCUT2D eigenvalue weighted by Crippen LogP contribution is 2.22. The van der Waals surface area contributed by atoms with Crippen LogP contribution >= 0.6 is 0 Å². The van der Waals surface area contributed by atoms with Gasteiger partial charge in [0, 0.05) is 12.2 Å². The van der Waals surface area contributed by atoms with Crippen LogP contribution < -0.4 is 4.43 Å². The van der Waals surface area contributed by atoms with Gasteiger partial charge in [0.2, 0.25) is 8.32 Å². The van der Waals surface area contributed by atoms with Gasteiger partial charge in [-0.2, -0.15) is 0 Å². The van der Waals surface area contributed by atoms with Crippen molar-refractivity contribution in [3.8, 4) is 17.0 Å². The summed E-state index contributed by atoms with van der Waals surface area (Å²) in [4.78, 5) is 4.50. The highest BCUT2D eigenvalue weighted by atomic mass is 28.4. The van der Waals surface area contributed by atoms with Crippen molar-refractivity contribution in [3.05, 3.63) is 54.2 Å². The molecule has 1 N–H and O–H groups in total. The summed E-state index contributed by atoms with van der Waals surface area (Å²) in [6.45, 7) is 6.72. The van der Waals surface area contributed by atoms with Crippen molar-refractivity contribution in [2.75, 3.05) is 6.61 Å². The number of aliphatic hydroxyl groups excluding tert-OH is 1. The SMILES string of the molecule is C[Si](C)(C)Oc1ccc(-c2ccc(C=CCCCO)cc2)nc1. The summed E-state index contributed by atoms with van der Waals surface area (Å²) < 4.78 is 5.93. The van der Waals surface area contributed by atoms with Crippen LogP contribution in [0.1, 0.15) is 18.4 Å². The summed E-state index contributed by atoms with van der Waals surface area (Å²) in [6, 6.07) is 12.3. The molecule has 3 nitrogen and oxygen atoms in total. The van der Waals surface area contributed by atoms with Crippen LogP contribution in [0, 0.1) is 0 Å². The normalized spacial score (nSPS) is 11.8. The molecule has 0 aliphatic rings. The van der Waals surface area contributed by atoms with Crippen molar-refractivity contribution in [2.24, 2.45) is 0 Å². The molecule has 0 radical (unpaired) electrons. The Morgan fingerprint density at radius 1 is 1.09 bits per heavy atom. The first-order valence-corrected chi connectivity index (χ1v) is 11.4. The minimum absolute atomic E-state index is 0.242. The van der Waals surface area contributed by atoms with E-state index in [9.17, 15) is 0 Å². The topological polar surface area (TPSA) is 42.4 Å². The van der Waals surface area contributed by atoms with Crippen LogP contribution in [-0.2, 0) is 0 Å². The molecule has 0 unspecified atom stereocenters. The molecule has 2 rings (SSSR count). The summed E-state index contributed by atoms with van der Waals surface area (Å²) in [5.74, 6) is 0.844. The Labute approximate surface area is 139 Å². The number of nitrogens with zero attached hydrogens (tertiary/aromatic N) is 1. The van der Waals surface area contributed by atoms with E-state index in [0.29, 0.717) is 0 Å². The van der Waals surface area contributed by atoms with E-state index in [4.69, 9.17) is 9.53 Å². The Morgan fingerprint density at radius 3 is 2.39 bits per heavy atom. The first kappa shape index (κ1) is 17.4. The quantitative estimate of drug-likeness (QED) is 0.589. The highest BCUT2D eigenvalue weighted by molar-refractivity contribution is 6.70. The monoisotopic (exact) mass is 327 g/mol. The van der Waals surface area contributed by atoms with E-state index in [1.807, 2.05) is 12.1 Å². The van der Waals surface area contributed by atoms with E-state index in [0.717, 1.165) is 35.4 Å². The van der Waals surface area contributed by atoms with Gasteiger partial charge in [-0.05, 0) is 50.2 Å². The summed E-state index contributed by atoms with van der Waals surface area (Å²) in [7, 11) is -1.58. The van der Waals surface area contributed by atoms with Crippen molar-refractivity contribution in [1.82, 2.24) is 4.98 Å². The zero-order valence-corrected chi connectivity index (χ0v) is 15.1. The molecule has 2 aromatic rings. The summed E-state index contributed by atoms with van der Waals surface area (Å²) in [5, 5.41) is 8.76. The Hall–Kier alpha value is -1.91. The Bertz CT molecular complexity index is 628. The van der Waals surface area contributed by atoms with Gasteiger partial charge in [0.05, 0.1) is 11.9 Å². The molecule has 0 atom stereocenters. The maximum Gasteiger partial charge on any atom is 0.242 e. The van der Waals surface area contributed by atoms with E-state index in [-0.39, 0.29) is 6.61 Å². The van der Waals surface area contributed by atoms with Gasteiger partial charge in [-0.1, -0.05) is 36.4 Å². The zero-order valence-electron chi connectivity index (χ0n) is 14.1. The lowest BCUT2D eigenvalue weighted by molar-refractivity contribution is 0.290. The number of aromatic nitrogens is 1. The molecule has 0 saturated heterocycles. The molecule has 1 aromatic carbocycles. The zero-order chi connectivity index (χ0) is 16.7. The second kappa shape index (κ2) is 8.08. The van der Waals surface area contributed by atoms with Crippen LogP contribution in [0.3, 0.4) is 0 Å². The van der Waals surface area contributed by atoms with E-state index in [2.05, 4.69) is 61.0 Å². The Morgan fingerprint density at radius 2 is 1.83 bits per heavy atom. The lowest BCUT2D eigenvalue weighted by Gasteiger charge is -2.18. The first-order chi connectivity index (χ1) is 11.0. The molecule has 23 heavy (non-hydrogen) atoms. The number of pyridine rings is 1. The van der Waals surface area contributed by atoms with Crippen LogP contribution in [0.5, 0.6) is 5.75 Å². The fourth-order valence-corrected chi connectivity index (χ4v) is 2.99. The number of unbranched alkanes of at least 4 members (excludes halogenated alkanes) is 1. The number of benzene rings is 1. The van der Waals surface area contributed by atoms with Crippen LogP contribution in [0.25, 0.3) is 17.3 Å². The third-order valence-electron chi connectivity index (χ3n) is 3.21. The van der Waals surface area contributed by atoms with E-state index < -0.39 is 8.32 Å². The van der Waals surface area contributed by atoms with Crippen molar-refractivity contribution in [3.63, 3.8) is 0 Å². The lowest BCUT2D eigenvalue weighted by atomic mass is 10.1. The van der Waals surface area contributed by atoms with Gasteiger partial charge in [0.25, 0.3) is 0 Å². The largest absolute Gasteiger partial charge is 0.543 e. The van der Waals surface area contributed by atoms with Gasteiger partial charge < -0.3 is 9.53 Å². The molecule has 0 amide bonds. The average Bonchev–Trinajstić information content (AvgIpc) is 2.52. The Kier molecular flexibility index (Phi) is 6.13. The Balaban J connectivity index is 2.03. The van der Waals surface area contributed by atoms with Gasteiger partial charge >= 0.3 is 0 Å². The van der Waals surface area contributed by atoms with Gasteiger partial charge in [-0.3, -0.25) is 4.98 Å². The van der Waals surface area contributed by atoms with Crippen LogP contribution in [-0.4, -0.2) is 25.0 Å². The highest BCUT2D eigenvalue weighted by Gasteiger charge is 2.16. The molecule has 0 aliphatic heterocycles. The van der Waals surface area contributed by atoms with Gasteiger partial charge in [0.15, 0.2) is 0 Å². The molecule has 1 aromatic heterocycles. The molecule has 1 heterocycles. The number of hydrogen-bond acceptors (Lipinski definition) is 3. The van der Waals surface area contributed by atoms with Crippen LogP contribution in [0.4, 0.5) is 0 Å². The molecular formula is C19H25NO2Si. The maximum atomic E-state index is 8.76. The van der Waals surface area contributed by atoms with Crippen LogP contribution in [0.15, 0.2) is 48.7 Å². The average molecular weight is 328 g/mol. The van der Waals surface area contributed by atoms with E-state index in [1.54, 1.807) is 6.20 Å². The minimum atomic E-state index is -1.58. The van der Waals surface area contributed by atoms with Gasteiger partial charge in [0.1, 0.15) is 5.75 Å². The number of hydrogen-bond donors (Lipinski definition) is 1. The lowest BCUT2D eigenvalue weighted by Crippen LogP contribution is -2.29. The molecule has 0 aliphatic carbocycles. The van der Waals surface area contributed by atoms with E-state index in [1.165, 1.54) is 0 Å². The number of allylic oxidation sites excluding steroid dienone is 1. The maximum absolute atomic E-state index is 8.76. The molecule has 0 spiro atoms. The summed E-state index contributed by atoms with van der Waals surface area (Å²) >= 11 is 0. The standard InChI is InChI=1S/C19H25NO2Si/c1-23(2,3)22-18-12-13-19(20-15-18)17-10-8-16(9-11-17)7-5-4-6-14-21/h5,7-13,15,21H,4,6,14H2,1-3H3. The second-order valence-corrected chi connectivity index (χ2v) is 10.9. The van der Waals surface area contributed by atoms with Gasteiger partial charge in [-0.25, -0.2) is 0 Å². The third kappa shape index (κ3) is 6.00. The van der Waals surface area contributed by atoms with Crippen molar-refractivity contribution >= 4 is 14.4 Å². The fraction of sp³-hybridized carbons (Fsp3) is 0.316. The van der Waals surface area contributed by atoms with E-state index >= 15 is 0 Å².